The normalized spacial score (nSPS) is 12.6. The summed E-state index contributed by atoms with van der Waals surface area (Å²) in [6, 6.07) is 7.55. The Morgan fingerprint density at radius 3 is 2.52 bits per heavy atom. The SMILES string of the molecule is CC(Cc1cccc(-n2ccn(C(C)C)c2=O)c1)C(=O)O. The molecule has 1 aromatic heterocycles. The Balaban J connectivity index is 2.34. The van der Waals surface area contributed by atoms with Gasteiger partial charge in [-0.05, 0) is 38.0 Å². The zero-order valence-corrected chi connectivity index (χ0v) is 12.5. The molecular weight excluding hydrogens is 268 g/mol. The second-order valence-electron chi connectivity index (χ2n) is 5.57. The minimum absolute atomic E-state index is 0.0894. The average molecular weight is 288 g/mol. The first-order chi connectivity index (χ1) is 9.90. The molecule has 0 saturated carbocycles. The number of benzene rings is 1. The van der Waals surface area contributed by atoms with Crippen LogP contribution in [0.5, 0.6) is 0 Å². The summed E-state index contributed by atoms with van der Waals surface area (Å²) in [6.45, 7) is 5.59. The Labute approximate surface area is 123 Å². The molecule has 0 saturated heterocycles. The number of nitrogens with zero attached hydrogens (tertiary/aromatic N) is 2. The zero-order chi connectivity index (χ0) is 15.6. The van der Waals surface area contributed by atoms with Crippen LogP contribution >= 0.6 is 0 Å². The second-order valence-corrected chi connectivity index (χ2v) is 5.57. The molecule has 1 atom stereocenters. The highest BCUT2D eigenvalue weighted by Gasteiger charge is 2.13. The first-order valence-corrected chi connectivity index (χ1v) is 7.01. The molecule has 1 aromatic carbocycles. The van der Waals surface area contributed by atoms with E-state index < -0.39 is 11.9 Å². The molecule has 5 heteroatoms. The largest absolute Gasteiger partial charge is 0.481 e. The van der Waals surface area contributed by atoms with E-state index in [1.165, 1.54) is 0 Å². The van der Waals surface area contributed by atoms with Crippen molar-refractivity contribution in [2.24, 2.45) is 5.92 Å². The molecule has 0 fully saturated rings. The van der Waals surface area contributed by atoms with Crippen molar-refractivity contribution < 1.29 is 9.90 Å². The molecule has 112 valence electrons. The summed E-state index contributed by atoms with van der Waals surface area (Å²) in [5, 5.41) is 8.98. The van der Waals surface area contributed by atoms with Crippen molar-refractivity contribution in [2.75, 3.05) is 0 Å². The zero-order valence-electron chi connectivity index (χ0n) is 12.5. The molecule has 0 bridgehead atoms. The first kappa shape index (κ1) is 15.1. The van der Waals surface area contributed by atoms with Crippen LogP contribution in [0.2, 0.25) is 0 Å². The lowest BCUT2D eigenvalue weighted by molar-refractivity contribution is -0.141. The Morgan fingerprint density at radius 1 is 1.24 bits per heavy atom. The fraction of sp³-hybridized carbons (Fsp3) is 0.375. The lowest BCUT2D eigenvalue weighted by atomic mass is 10.0. The minimum atomic E-state index is -0.816. The molecule has 1 unspecified atom stereocenters. The molecule has 21 heavy (non-hydrogen) atoms. The number of carboxylic acids is 1. The smallest absolute Gasteiger partial charge is 0.332 e. The second kappa shape index (κ2) is 5.99. The lowest BCUT2D eigenvalue weighted by Gasteiger charge is -2.09. The summed E-state index contributed by atoms with van der Waals surface area (Å²) in [4.78, 5) is 23.2. The minimum Gasteiger partial charge on any atom is -0.481 e. The summed E-state index contributed by atoms with van der Waals surface area (Å²) < 4.78 is 3.24. The van der Waals surface area contributed by atoms with Crippen LogP contribution in [-0.2, 0) is 11.2 Å². The molecule has 2 rings (SSSR count). The molecule has 1 N–H and O–H groups in total. The maximum Gasteiger partial charge on any atom is 0.332 e. The van der Waals surface area contributed by atoms with E-state index in [2.05, 4.69) is 0 Å². The molecule has 2 aromatic rings. The highest BCUT2D eigenvalue weighted by molar-refractivity contribution is 5.69. The van der Waals surface area contributed by atoms with E-state index >= 15 is 0 Å². The number of rotatable bonds is 5. The maximum absolute atomic E-state index is 12.3. The molecule has 0 radical (unpaired) electrons. The van der Waals surface area contributed by atoms with Crippen molar-refractivity contribution in [1.29, 1.82) is 0 Å². The molecular formula is C16H20N2O3. The number of aromatic nitrogens is 2. The van der Waals surface area contributed by atoms with Gasteiger partial charge in [-0.3, -0.25) is 13.9 Å². The molecule has 5 nitrogen and oxygen atoms in total. The summed E-state index contributed by atoms with van der Waals surface area (Å²) in [5.74, 6) is -1.26. The van der Waals surface area contributed by atoms with Crippen LogP contribution in [0.3, 0.4) is 0 Å². The fourth-order valence-corrected chi connectivity index (χ4v) is 2.25. The standard InChI is InChI=1S/C16H20N2O3/c1-11(2)17-7-8-18(16(17)21)14-6-4-5-13(10-14)9-12(3)15(19)20/h4-8,10-12H,9H2,1-3H3,(H,19,20). The maximum atomic E-state index is 12.3. The fourth-order valence-electron chi connectivity index (χ4n) is 2.25. The molecule has 0 spiro atoms. The van der Waals surface area contributed by atoms with Crippen molar-refractivity contribution >= 4 is 5.97 Å². The van der Waals surface area contributed by atoms with E-state index in [1.54, 1.807) is 28.5 Å². The van der Waals surface area contributed by atoms with Gasteiger partial charge in [0.2, 0.25) is 0 Å². The molecule has 0 aliphatic heterocycles. The van der Waals surface area contributed by atoms with E-state index in [9.17, 15) is 9.59 Å². The lowest BCUT2D eigenvalue weighted by Crippen LogP contribution is -2.24. The van der Waals surface area contributed by atoms with Gasteiger partial charge in [0.15, 0.2) is 0 Å². The number of hydrogen-bond acceptors (Lipinski definition) is 2. The summed E-state index contributed by atoms with van der Waals surface area (Å²) in [7, 11) is 0. The van der Waals surface area contributed by atoms with Gasteiger partial charge in [-0.15, -0.1) is 0 Å². The average Bonchev–Trinajstić information content (AvgIpc) is 2.81. The number of carboxylic acid groups (broad SMARTS) is 1. The van der Waals surface area contributed by atoms with Crippen LogP contribution in [0, 0.1) is 5.92 Å². The Hall–Kier alpha value is -2.30. The third-order valence-electron chi connectivity index (χ3n) is 3.51. The van der Waals surface area contributed by atoms with Gasteiger partial charge in [0.25, 0.3) is 0 Å². The molecule has 1 heterocycles. The van der Waals surface area contributed by atoms with Crippen molar-refractivity contribution in [1.82, 2.24) is 9.13 Å². The van der Waals surface area contributed by atoms with Gasteiger partial charge in [-0.25, -0.2) is 4.79 Å². The number of imidazole rings is 1. The third-order valence-corrected chi connectivity index (χ3v) is 3.51. The molecule has 0 aliphatic carbocycles. The highest BCUT2D eigenvalue weighted by atomic mass is 16.4. The Kier molecular flexibility index (Phi) is 4.31. The monoisotopic (exact) mass is 288 g/mol. The first-order valence-electron chi connectivity index (χ1n) is 7.01. The predicted molar refractivity (Wildman–Crippen MR) is 80.9 cm³/mol. The summed E-state index contributed by atoms with van der Waals surface area (Å²) >= 11 is 0. The van der Waals surface area contributed by atoms with Crippen LogP contribution in [0.25, 0.3) is 5.69 Å². The molecule has 0 aliphatic rings. The number of aliphatic carboxylic acids is 1. The van der Waals surface area contributed by atoms with E-state index in [1.807, 2.05) is 38.1 Å². The predicted octanol–water partition coefficient (Wildman–Crippen LogP) is 2.48. The van der Waals surface area contributed by atoms with E-state index in [0.29, 0.717) is 6.42 Å². The number of hydrogen-bond donors (Lipinski definition) is 1. The number of carbonyl (C=O) groups is 1. The highest BCUT2D eigenvalue weighted by Crippen LogP contribution is 2.14. The van der Waals surface area contributed by atoms with Gasteiger partial charge in [0.05, 0.1) is 11.6 Å². The third kappa shape index (κ3) is 3.24. The van der Waals surface area contributed by atoms with Gasteiger partial charge in [-0.1, -0.05) is 19.1 Å². The quantitative estimate of drug-likeness (QED) is 0.919. The summed E-state index contributed by atoms with van der Waals surface area (Å²) in [6.07, 6.45) is 3.95. The van der Waals surface area contributed by atoms with Gasteiger partial charge >= 0.3 is 11.7 Å². The van der Waals surface area contributed by atoms with Crippen molar-refractivity contribution in [3.63, 3.8) is 0 Å². The van der Waals surface area contributed by atoms with Crippen LogP contribution in [0.4, 0.5) is 0 Å². The van der Waals surface area contributed by atoms with Crippen LogP contribution in [0.1, 0.15) is 32.4 Å². The van der Waals surface area contributed by atoms with Crippen molar-refractivity contribution in [3.8, 4) is 5.69 Å². The van der Waals surface area contributed by atoms with Crippen LogP contribution in [-0.4, -0.2) is 20.2 Å². The topological polar surface area (TPSA) is 64.2 Å². The Bertz CT molecular complexity index is 698. The van der Waals surface area contributed by atoms with E-state index in [-0.39, 0.29) is 11.7 Å². The van der Waals surface area contributed by atoms with Crippen LogP contribution in [0.15, 0.2) is 41.5 Å². The van der Waals surface area contributed by atoms with Gasteiger partial charge in [0, 0.05) is 18.4 Å². The Morgan fingerprint density at radius 2 is 1.95 bits per heavy atom. The van der Waals surface area contributed by atoms with Crippen molar-refractivity contribution in [2.45, 2.75) is 33.2 Å². The van der Waals surface area contributed by atoms with E-state index in [0.717, 1.165) is 11.3 Å². The van der Waals surface area contributed by atoms with Crippen LogP contribution < -0.4 is 5.69 Å². The van der Waals surface area contributed by atoms with Gasteiger partial charge in [0.1, 0.15) is 0 Å². The van der Waals surface area contributed by atoms with Crippen molar-refractivity contribution in [3.05, 3.63) is 52.7 Å². The van der Waals surface area contributed by atoms with E-state index in [4.69, 9.17) is 5.11 Å². The van der Waals surface area contributed by atoms with Gasteiger partial charge in [-0.2, -0.15) is 0 Å². The van der Waals surface area contributed by atoms with Gasteiger partial charge < -0.3 is 5.11 Å². The molecule has 0 amide bonds. The summed E-state index contributed by atoms with van der Waals surface area (Å²) in [5.41, 5.74) is 1.58.